The van der Waals surface area contributed by atoms with Crippen molar-refractivity contribution >= 4 is 46.2 Å². The van der Waals surface area contributed by atoms with E-state index in [1.165, 1.54) is 19.2 Å². The van der Waals surface area contributed by atoms with E-state index >= 15 is 0 Å². The summed E-state index contributed by atoms with van der Waals surface area (Å²) < 4.78 is 20.5. The van der Waals surface area contributed by atoms with Crippen molar-refractivity contribution in [2.24, 2.45) is 0 Å². The Labute approximate surface area is 193 Å². The zero-order valence-electron chi connectivity index (χ0n) is 18.2. The Morgan fingerprint density at radius 2 is 1.91 bits per heavy atom. The lowest BCUT2D eigenvalue weighted by Gasteiger charge is -2.07. The monoisotopic (exact) mass is 474 g/mol. The summed E-state index contributed by atoms with van der Waals surface area (Å²) in [5.74, 6) is -1.28. The number of thiophene rings is 1. The average Bonchev–Trinajstić information content (AvgIpc) is 3.39. The Morgan fingerprint density at radius 3 is 2.64 bits per heavy atom. The van der Waals surface area contributed by atoms with E-state index in [0.29, 0.717) is 22.6 Å². The maximum absolute atomic E-state index is 12.3. The smallest absolute Gasteiger partial charge is 0.341 e. The molecule has 174 valence electrons. The quantitative estimate of drug-likeness (QED) is 0.441. The minimum atomic E-state index is -0.734. The van der Waals surface area contributed by atoms with E-state index in [2.05, 4.69) is 10.6 Å². The summed E-state index contributed by atoms with van der Waals surface area (Å²) in [6, 6.07) is 5.17. The molecular weight excluding hydrogens is 452 g/mol. The van der Waals surface area contributed by atoms with E-state index in [9.17, 15) is 19.2 Å². The maximum Gasteiger partial charge on any atom is 0.341 e. The highest BCUT2D eigenvalue weighted by atomic mass is 32.1. The molecule has 11 heteroatoms. The van der Waals surface area contributed by atoms with Crippen molar-refractivity contribution in [1.82, 2.24) is 5.32 Å². The second-order valence-electron chi connectivity index (χ2n) is 6.66. The molecule has 1 aromatic carbocycles. The maximum atomic E-state index is 12.3. The number of fused-ring (bicyclic) bond motifs is 1. The van der Waals surface area contributed by atoms with E-state index in [1.54, 1.807) is 32.0 Å². The lowest BCUT2D eigenvalue weighted by Crippen LogP contribution is -2.21. The molecule has 33 heavy (non-hydrogen) atoms. The number of nitrogens with one attached hydrogen (secondary N) is 2. The largest absolute Gasteiger partial charge is 0.462 e. The van der Waals surface area contributed by atoms with Crippen molar-refractivity contribution in [3.05, 3.63) is 45.8 Å². The van der Waals surface area contributed by atoms with Crippen molar-refractivity contribution in [1.29, 1.82) is 0 Å². The highest BCUT2D eigenvalue weighted by Crippen LogP contribution is 2.34. The number of rotatable bonds is 8. The van der Waals surface area contributed by atoms with Crippen LogP contribution in [-0.2, 0) is 19.1 Å². The lowest BCUT2D eigenvalue weighted by atomic mass is 10.1. The lowest BCUT2D eigenvalue weighted by molar-refractivity contribution is -0.142. The zero-order valence-corrected chi connectivity index (χ0v) is 19.0. The van der Waals surface area contributed by atoms with Crippen LogP contribution in [0.25, 0.3) is 6.08 Å². The van der Waals surface area contributed by atoms with Crippen LogP contribution in [-0.4, -0.2) is 50.8 Å². The van der Waals surface area contributed by atoms with E-state index in [4.69, 9.17) is 18.9 Å². The number of hydrogen-bond acceptors (Lipinski definition) is 9. The Hall–Kier alpha value is -3.86. The molecule has 2 amide bonds. The third kappa shape index (κ3) is 5.69. The fourth-order valence-electron chi connectivity index (χ4n) is 2.91. The first-order valence-electron chi connectivity index (χ1n) is 9.91. The molecule has 1 aliphatic heterocycles. The van der Waals surface area contributed by atoms with Crippen LogP contribution in [0.5, 0.6) is 11.5 Å². The van der Waals surface area contributed by atoms with Crippen LogP contribution >= 0.6 is 11.3 Å². The minimum absolute atomic E-state index is 0.0860. The normalized spacial score (nSPS) is 11.8. The SMILES string of the molecule is CCOC(=O)c1c(NC(=O)COC(=O)C=Cc2ccc3c(c2)OCO3)sc(C(=O)NC)c1C. The van der Waals surface area contributed by atoms with Crippen LogP contribution in [0.1, 0.15) is 38.1 Å². The molecule has 2 aromatic rings. The molecule has 0 unspecified atom stereocenters. The molecule has 1 aromatic heterocycles. The fraction of sp³-hybridized carbons (Fsp3) is 0.273. The second-order valence-corrected chi connectivity index (χ2v) is 7.68. The van der Waals surface area contributed by atoms with E-state index in [0.717, 1.165) is 11.3 Å². The molecule has 2 heterocycles. The summed E-state index contributed by atoms with van der Waals surface area (Å²) in [5, 5.41) is 5.14. The third-order valence-corrected chi connectivity index (χ3v) is 5.67. The summed E-state index contributed by atoms with van der Waals surface area (Å²) >= 11 is 0.931. The predicted octanol–water partition coefficient (Wildman–Crippen LogP) is 2.52. The van der Waals surface area contributed by atoms with Gasteiger partial charge in [0, 0.05) is 13.1 Å². The molecule has 10 nitrogen and oxygen atoms in total. The van der Waals surface area contributed by atoms with E-state index < -0.39 is 30.4 Å². The van der Waals surface area contributed by atoms with Gasteiger partial charge in [-0.05, 0) is 43.2 Å². The minimum Gasteiger partial charge on any atom is -0.462 e. The summed E-state index contributed by atoms with van der Waals surface area (Å²) in [6.07, 6.45) is 2.69. The number of esters is 2. The van der Waals surface area contributed by atoms with Crippen molar-refractivity contribution in [2.45, 2.75) is 13.8 Å². The Bertz CT molecular complexity index is 1120. The van der Waals surface area contributed by atoms with Gasteiger partial charge in [0.25, 0.3) is 11.8 Å². The topological polar surface area (TPSA) is 129 Å². The number of ether oxygens (including phenoxy) is 4. The van der Waals surface area contributed by atoms with Gasteiger partial charge in [0.1, 0.15) is 5.00 Å². The first-order valence-corrected chi connectivity index (χ1v) is 10.7. The van der Waals surface area contributed by atoms with Crippen molar-refractivity contribution < 1.29 is 38.1 Å². The summed E-state index contributed by atoms with van der Waals surface area (Å²) in [6.45, 7) is 2.92. The van der Waals surface area contributed by atoms with Gasteiger partial charge in [0.2, 0.25) is 6.79 Å². The van der Waals surface area contributed by atoms with Gasteiger partial charge in [0.15, 0.2) is 18.1 Å². The number of amides is 2. The van der Waals surface area contributed by atoms with Gasteiger partial charge >= 0.3 is 11.9 Å². The van der Waals surface area contributed by atoms with Crippen LogP contribution in [0, 0.1) is 6.92 Å². The van der Waals surface area contributed by atoms with Gasteiger partial charge in [-0.2, -0.15) is 0 Å². The Kier molecular flexibility index (Phi) is 7.67. The first-order chi connectivity index (χ1) is 15.8. The molecular formula is C22H22N2O8S. The van der Waals surface area contributed by atoms with Crippen LogP contribution in [0.15, 0.2) is 24.3 Å². The molecule has 0 fully saturated rings. The summed E-state index contributed by atoms with van der Waals surface area (Å²) in [5.41, 5.74) is 1.16. The Morgan fingerprint density at radius 1 is 1.15 bits per heavy atom. The molecule has 1 aliphatic rings. The molecule has 0 spiro atoms. The van der Waals surface area contributed by atoms with Gasteiger partial charge in [-0.25, -0.2) is 9.59 Å². The molecule has 0 atom stereocenters. The number of carbonyl (C=O) groups is 4. The number of carbonyl (C=O) groups excluding carboxylic acids is 4. The molecule has 0 aliphatic carbocycles. The highest BCUT2D eigenvalue weighted by molar-refractivity contribution is 7.18. The molecule has 0 saturated carbocycles. The number of benzene rings is 1. The molecule has 0 bridgehead atoms. The Balaban J connectivity index is 1.62. The zero-order chi connectivity index (χ0) is 24.0. The van der Waals surface area contributed by atoms with Gasteiger partial charge in [-0.3, -0.25) is 9.59 Å². The summed E-state index contributed by atoms with van der Waals surface area (Å²) in [7, 11) is 1.46. The molecule has 3 rings (SSSR count). The van der Waals surface area contributed by atoms with E-state index in [-0.39, 0.29) is 28.8 Å². The highest BCUT2D eigenvalue weighted by Gasteiger charge is 2.26. The average molecular weight is 474 g/mol. The predicted molar refractivity (Wildman–Crippen MR) is 120 cm³/mol. The van der Waals surface area contributed by atoms with E-state index in [1.807, 2.05) is 0 Å². The molecule has 0 saturated heterocycles. The van der Waals surface area contributed by atoms with Crippen LogP contribution in [0.4, 0.5) is 5.00 Å². The van der Waals surface area contributed by atoms with Gasteiger partial charge in [-0.15, -0.1) is 11.3 Å². The van der Waals surface area contributed by atoms with Crippen molar-refractivity contribution in [3.63, 3.8) is 0 Å². The molecule has 0 radical (unpaired) electrons. The van der Waals surface area contributed by atoms with Crippen molar-refractivity contribution in [3.8, 4) is 11.5 Å². The fourth-order valence-corrected chi connectivity index (χ4v) is 4.07. The third-order valence-electron chi connectivity index (χ3n) is 4.47. The van der Waals surface area contributed by atoms with Gasteiger partial charge in [0.05, 0.1) is 17.0 Å². The van der Waals surface area contributed by atoms with Crippen LogP contribution in [0.2, 0.25) is 0 Å². The second kappa shape index (κ2) is 10.6. The number of hydrogen-bond donors (Lipinski definition) is 2. The first kappa shape index (κ1) is 23.8. The standard InChI is InChI=1S/C22H22N2O8S/c1-4-29-22(28)18-12(2)19(20(27)23-3)33-21(18)24-16(25)10-30-17(26)8-6-13-5-7-14-15(9-13)32-11-31-14/h5-9H,4,10-11H2,1-3H3,(H,23,27)(H,24,25). The van der Waals surface area contributed by atoms with Gasteiger partial charge < -0.3 is 29.6 Å². The van der Waals surface area contributed by atoms with Gasteiger partial charge in [-0.1, -0.05) is 6.07 Å². The van der Waals surface area contributed by atoms with Crippen LogP contribution in [0.3, 0.4) is 0 Å². The molecule has 2 N–H and O–H groups in total. The van der Waals surface area contributed by atoms with Crippen LogP contribution < -0.4 is 20.1 Å². The number of anilines is 1. The van der Waals surface area contributed by atoms with Crippen molar-refractivity contribution in [2.75, 3.05) is 32.4 Å². The summed E-state index contributed by atoms with van der Waals surface area (Å²) in [4.78, 5) is 49.0.